The number of nitrogens with one attached hydrogen (secondary N) is 2. The number of benzene rings is 2. The first-order chi connectivity index (χ1) is 9.84. The average Bonchev–Trinajstić information content (AvgIpc) is 2.38. The van der Waals surface area contributed by atoms with E-state index in [0.717, 1.165) is 0 Å². The molecule has 21 heavy (non-hydrogen) atoms. The van der Waals surface area contributed by atoms with E-state index in [1.165, 1.54) is 48.5 Å². The lowest BCUT2D eigenvalue weighted by Crippen LogP contribution is -2.19. The van der Waals surface area contributed by atoms with Crippen LogP contribution in [0.1, 0.15) is 0 Å². The normalized spacial score (nSPS) is 11.0. The molecule has 8 heteroatoms. The second-order valence-corrected chi connectivity index (χ2v) is 5.72. The third-order valence-electron chi connectivity index (χ3n) is 2.52. The minimum absolute atomic E-state index is 0.0569. The van der Waals surface area contributed by atoms with Crippen LogP contribution in [0.5, 0.6) is 0 Å². The number of primary sulfonamides is 1. The maximum atomic E-state index is 13.0. The molecule has 0 aliphatic heterocycles. The maximum absolute atomic E-state index is 13.0. The van der Waals surface area contributed by atoms with Crippen LogP contribution in [-0.4, -0.2) is 14.4 Å². The Labute approximate surface area is 120 Å². The van der Waals surface area contributed by atoms with Crippen LogP contribution in [0.15, 0.2) is 53.4 Å². The third-order valence-corrected chi connectivity index (χ3v) is 3.45. The van der Waals surface area contributed by atoms with Gasteiger partial charge in [-0.2, -0.15) is 0 Å². The highest BCUT2D eigenvalue weighted by atomic mass is 32.2. The van der Waals surface area contributed by atoms with E-state index in [9.17, 15) is 17.6 Å². The molecule has 6 nitrogen and oxygen atoms in total. The molecular weight excluding hydrogens is 297 g/mol. The Hall–Kier alpha value is -2.45. The molecule has 2 amide bonds. The zero-order chi connectivity index (χ0) is 15.5. The number of nitrogens with two attached hydrogens (primary N) is 1. The molecule has 0 fully saturated rings. The van der Waals surface area contributed by atoms with Crippen molar-refractivity contribution in [3.8, 4) is 0 Å². The Morgan fingerprint density at radius 1 is 1.00 bits per heavy atom. The molecule has 0 atom stereocenters. The van der Waals surface area contributed by atoms with Gasteiger partial charge in [0.2, 0.25) is 10.0 Å². The summed E-state index contributed by atoms with van der Waals surface area (Å²) in [5, 5.41) is 9.88. The number of amides is 2. The van der Waals surface area contributed by atoms with E-state index in [0.29, 0.717) is 11.4 Å². The molecule has 2 rings (SSSR count). The first kappa shape index (κ1) is 14.9. The zero-order valence-electron chi connectivity index (χ0n) is 10.7. The lowest BCUT2D eigenvalue weighted by atomic mass is 10.3. The van der Waals surface area contributed by atoms with Crippen molar-refractivity contribution >= 4 is 27.4 Å². The van der Waals surface area contributed by atoms with E-state index < -0.39 is 21.9 Å². The number of hydrogen-bond donors (Lipinski definition) is 3. The van der Waals surface area contributed by atoms with Crippen LogP contribution in [0.4, 0.5) is 20.6 Å². The van der Waals surface area contributed by atoms with E-state index in [-0.39, 0.29) is 4.90 Å². The number of carbonyl (C=O) groups is 1. The minimum atomic E-state index is -3.77. The summed E-state index contributed by atoms with van der Waals surface area (Å²) in [7, 11) is -3.77. The number of sulfonamides is 1. The summed E-state index contributed by atoms with van der Waals surface area (Å²) in [6.07, 6.45) is 0. The number of rotatable bonds is 3. The van der Waals surface area contributed by atoms with Gasteiger partial charge in [-0.1, -0.05) is 6.07 Å². The Morgan fingerprint density at radius 2 is 1.62 bits per heavy atom. The minimum Gasteiger partial charge on any atom is -0.308 e. The summed E-state index contributed by atoms with van der Waals surface area (Å²) in [4.78, 5) is 11.6. The summed E-state index contributed by atoms with van der Waals surface area (Å²) >= 11 is 0. The fourth-order valence-electron chi connectivity index (χ4n) is 1.59. The van der Waals surface area contributed by atoms with Crippen LogP contribution in [0.25, 0.3) is 0 Å². The molecule has 0 aliphatic carbocycles. The standard InChI is InChI=1S/C13H12FN3O3S/c14-9-2-1-3-11(8-9)17-13(18)16-10-4-6-12(7-5-10)21(15,19)20/h1-8H,(H2,15,19,20)(H2,16,17,18). The lowest BCUT2D eigenvalue weighted by molar-refractivity contribution is 0.262. The Morgan fingerprint density at radius 3 is 2.19 bits per heavy atom. The van der Waals surface area contributed by atoms with Crippen molar-refractivity contribution in [1.29, 1.82) is 0 Å². The maximum Gasteiger partial charge on any atom is 0.323 e. The first-order valence-electron chi connectivity index (χ1n) is 5.81. The van der Waals surface area contributed by atoms with Gasteiger partial charge in [-0.3, -0.25) is 0 Å². The van der Waals surface area contributed by atoms with Gasteiger partial charge in [0.15, 0.2) is 0 Å². The third kappa shape index (κ3) is 4.26. The highest BCUT2D eigenvalue weighted by Gasteiger charge is 2.08. The van der Waals surface area contributed by atoms with Gasteiger partial charge >= 0.3 is 6.03 Å². The van der Waals surface area contributed by atoms with Crippen LogP contribution in [0, 0.1) is 5.82 Å². The van der Waals surface area contributed by atoms with Crippen molar-refractivity contribution in [2.24, 2.45) is 5.14 Å². The molecule has 0 aromatic heterocycles. The summed E-state index contributed by atoms with van der Waals surface area (Å²) in [5.41, 5.74) is 0.671. The molecule has 0 saturated heterocycles. The van der Waals surface area contributed by atoms with Gasteiger partial charge < -0.3 is 10.6 Å². The van der Waals surface area contributed by atoms with Crippen molar-refractivity contribution in [3.63, 3.8) is 0 Å². The molecule has 0 bridgehead atoms. The van der Waals surface area contributed by atoms with E-state index in [1.807, 2.05) is 0 Å². The molecule has 0 saturated carbocycles. The van der Waals surface area contributed by atoms with Crippen LogP contribution in [0.2, 0.25) is 0 Å². The average molecular weight is 309 g/mol. The molecule has 110 valence electrons. The Balaban J connectivity index is 2.03. The van der Waals surface area contributed by atoms with Crippen LogP contribution >= 0.6 is 0 Å². The summed E-state index contributed by atoms with van der Waals surface area (Å²) in [6.45, 7) is 0. The van der Waals surface area contributed by atoms with E-state index in [4.69, 9.17) is 5.14 Å². The van der Waals surface area contributed by atoms with Gasteiger partial charge in [0.05, 0.1) is 4.90 Å². The van der Waals surface area contributed by atoms with Gasteiger partial charge in [0, 0.05) is 11.4 Å². The van der Waals surface area contributed by atoms with Crippen LogP contribution in [-0.2, 0) is 10.0 Å². The topological polar surface area (TPSA) is 101 Å². The fourth-order valence-corrected chi connectivity index (χ4v) is 2.10. The smallest absolute Gasteiger partial charge is 0.308 e. The number of urea groups is 1. The monoisotopic (exact) mass is 309 g/mol. The lowest BCUT2D eigenvalue weighted by Gasteiger charge is -2.08. The molecule has 4 N–H and O–H groups in total. The van der Waals surface area contributed by atoms with Gasteiger partial charge in [-0.15, -0.1) is 0 Å². The number of hydrogen-bond acceptors (Lipinski definition) is 3. The predicted molar refractivity (Wildman–Crippen MR) is 76.9 cm³/mol. The van der Waals surface area contributed by atoms with E-state index in [1.54, 1.807) is 0 Å². The highest BCUT2D eigenvalue weighted by molar-refractivity contribution is 7.89. The second-order valence-electron chi connectivity index (χ2n) is 4.16. The molecular formula is C13H12FN3O3S. The molecule has 0 radical (unpaired) electrons. The van der Waals surface area contributed by atoms with Gasteiger partial charge in [0.1, 0.15) is 5.82 Å². The summed E-state index contributed by atoms with van der Waals surface area (Å²) in [6, 6.07) is 10.2. The summed E-state index contributed by atoms with van der Waals surface area (Å²) < 4.78 is 35.1. The van der Waals surface area contributed by atoms with Crippen LogP contribution < -0.4 is 15.8 Å². The zero-order valence-corrected chi connectivity index (χ0v) is 11.5. The molecule has 2 aromatic carbocycles. The SMILES string of the molecule is NS(=O)(=O)c1ccc(NC(=O)Nc2cccc(F)c2)cc1. The van der Waals surface area contributed by atoms with Gasteiger partial charge in [-0.05, 0) is 42.5 Å². The van der Waals surface area contributed by atoms with Crippen LogP contribution in [0.3, 0.4) is 0 Å². The Kier molecular flexibility index (Phi) is 4.20. The summed E-state index contributed by atoms with van der Waals surface area (Å²) in [5.74, 6) is -0.467. The molecule has 0 heterocycles. The van der Waals surface area contributed by atoms with E-state index in [2.05, 4.69) is 10.6 Å². The molecule has 2 aromatic rings. The predicted octanol–water partition coefficient (Wildman–Crippen LogP) is 2.12. The highest BCUT2D eigenvalue weighted by Crippen LogP contribution is 2.14. The second kappa shape index (κ2) is 5.90. The number of halogens is 1. The van der Waals surface area contributed by atoms with E-state index >= 15 is 0 Å². The van der Waals surface area contributed by atoms with Crippen molar-refractivity contribution in [2.45, 2.75) is 4.90 Å². The molecule has 0 aliphatic rings. The van der Waals surface area contributed by atoms with Crippen molar-refractivity contribution < 1.29 is 17.6 Å². The first-order valence-corrected chi connectivity index (χ1v) is 7.36. The van der Waals surface area contributed by atoms with Gasteiger partial charge in [-0.25, -0.2) is 22.7 Å². The van der Waals surface area contributed by atoms with Gasteiger partial charge in [0.25, 0.3) is 0 Å². The molecule has 0 unspecified atom stereocenters. The number of carbonyl (C=O) groups excluding carboxylic acids is 1. The molecule has 0 spiro atoms. The van der Waals surface area contributed by atoms with Crippen molar-refractivity contribution in [1.82, 2.24) is 0 Å². The fraction of sp³-hybridized carbons (Fsp3) is 0. The van der Waals surface area contributed by atoms with Crippen molar-refractivity contribution in [3.05, 3.63) is 54.3 Å². The quantitative estimate of drug-likeness (QED) is 0.809. The number of anilines is 2. The Bertz CT molecular complexity index is 760. The van der Waals surface area contributed by atoms with Crippen molar-refractivity contribution in [2.75, 3.05) is 10.6 Å². The largest absolute Gasteiger partial charge is 0.323 e.